The zero-order valence-electron chi connectivity index (χ0n) is 12.1. The maximum atomic E-state index is 12.7. The van der Waals surface area contributed by atoms with Crippen LogP contribution in [0.1, 0.15) is 22.3 Å². The van der Waals surface area contributed by atoms with Gasteiger partial charge in [-0.3, -0.25) is 4.79 Å². The summed E-state index contributed by atoms with van der Waals surface area (Å²) in [7, 11) is 0. The Morgan fingerprint density at radius 2 is 1.77 bits per heavy atom. The third-order valence-corrected chi connectivity index (χ3v) is 4.06. The molecule has 3 nitrogen and oxygen atoms in total. The predicted octanol–water partition coefficient (Wildman–Crippen LogP) is 3.60. The summed E-state index contributed by atoms with van der Waals surface area (Å²) in [5, 5.41) is 0.709. The minimum absolute atomic E-state index is 0.00966. The molecule has 0 unspecified atom stereocenters. The number of allylic oxidation sites excluding steroid dienone is 1. The molecular formula is C18H17ClN2O. The highest BCUT2D eigenvalue weighted by atomic mass is 35.5. The highest BCUT2D eigenvalue weighted by molar-refractivity contribution is 6.30. The van der Waals surface area contributed by atoms with Gasteiger partial charge < -0.3 is 10.6 Å². The van der Waals surface area contributed by atoms with Crippen LogP contribution < -0.4 is 5.73 Å². The summed E-state index contributed by atoms with van der Waals surface area (Å²) in [5.74, 6) is -0.00966. The Kier molecular flexibility index (Phi) is 4.16. The van der Waals surface area contributed by atoms with Gasteiger partial charge in [-0.2, -0.15) is 0 Å². The molecule has 0 aliphatic carbocycles. The van der Waals surface area contributed by atoms with E-state index in [4.69, 9.17) is 17.3 Å². The van der Waals surface area contributed by atoms with E-state index in [1.807, 2.05) is 59.5 Å². The van der Waals surface area contributed by atoms with Crippen molar-refractivity contribution in [2.75, 3.05) is 6.54 Å². The number of nitrogens with two attached hydrogens (primary N) is 1. The van der Waals surface area contributed by atoms with Crippen molar-refractivity contribution >= 4 is 17.4 Å². The minimum Gasteiger partial charge on any atom is -0.400 e. The van der Waals surface area contributed by atoms with Crippen LogP contribution in [0, 0.1) is 0 Å². The van der Waals surface area contributed by atoms with E-state index >= 15 is 0 Å². The first-order valence-corrected chi connectivity index (χ1v) is 7.60. The Labute approximate surface area is 135 Å². The standard InChI is InChI=1S/C18H17ClN2O/c19-15-8-6-13(7-9-15)12-21-11-10-16(20)17(21)18(22)14-4-2-1-3-5-14/h1-9H,10-12,20H2. The second-order valence-electron chi connectivity index (χ2n) is 5.37. The van der Waals surface area contributed by atoms with Gasteiger partial charge in [0.15, 0.2) is 0 Å². The van der Waals surface area contributed by atoms with Crippen molar-refractivity contribution < 1.29 is 4.79 Å². The summed E-state index contributed by atoms with van der Waals surface area (Å²) in [6.45, 7) is 1.42. The maximum Gasteiger partial charge on any atom is 0.210 e. The molecule has 0 radical (unpaired) electrons. The van der Waals surface area contributed by atoms with E-state index in [2.05, 4.69) is 0 Å². The van der Waals surface area contributed by atoms with Crippen LogP contribution >= 0.6 is 11.6 Å². The molecule has 0 atom stereocenters. The van der Waals surface area contributed by atoms with Gasteiger partial charge in [-0.25, -0.2) is 0 Å². The lowest BCUT2D eigenvalue weighted by Crippen LogP contribution is -2.25. The van der Waals surface area contributed by atoms with Crippen molar-refractivity contribution in [1.29, 1.82) is 0 Å². The van der Waals surface area contributed by atoms with Gasteiger partial charge in [-0.05, 0) is 17.7 Å². The van der Waals surface area contributed by atoms with Gasteiger partial charge in [0.2, 0.25) is 5.78 Å². The van der Waals surface area contributed by atoms with E-state index in [1.165, 1.54) is 0 Å². The molecule has 0 bridgehead atoms. The van der Waals surface area contributed by atoms with Crippen molar-refractivity contribution in [3.05, 3.63) is 82.1 Å². The highest BCUT2D eigenvalue weighted by Gasteiger charge is 2.27. The van der Waals surface area contributed by atoms with Crippen LogP contribution in [0.15, 0.2) is 66.0 Å². The van der Waals surface area contributed by atoms with Gasteiger partial charge >= 0.3 is 0 Å². The number of rotatable bonds is 4. The van der Waals surface area contributed by atoms with Crippen molar-refractivity contribution in [1.82, 2.24) is 4.90 Å². The van der Waals surface area contributed by atoms with Crippen LogP contribution in [-0.2, 0) is 6.54 Å². The first kappa shape index (κ1) is 14.7. The van der Waals surface area contributed by atoms with E-state index in [0.717, 1.165) is 18.5 Å². The molecule has 22 heavy (non-hydrogen) atoms. The van der Waals surface area contributed by atoms with Gasteiger partial charge in [0.05, 0.1) is 0 Å². The van der Waals surface area contributed by atoms with E-state index in [0.29, 0.717) is 28.5 Å². The molecule has 112 valence electrons. The third kappa shape index (κ3) is 3.00. The van der Waals surface area contributed by atoms with Crippen LogP contribution in [0.25, 0.3) is 0 Å². The predicted molar refractivity (Wildman–Crippen MR) is 88.5 cm³/mol. The molecule has 0 saturated carbocycles. The van der Waals surface area contributed by atoms with E-state index < -0.39 is 0 Å². The molecule has 1 heterocycles. The average molecular weight is 313 g/mol. The van der Waals surface area contributed by atoms with E-state index in [9.17, 15) is 4.79 Å². The Bertz CT molecular complexity index is 708. The fourth-order valence-corrected chi connectivity index (χ4v) is 2.80. The summed E-state index contributed by atoms with van der Waals surface area (Å²) in [6, 6.07) is 16.9. The molecule has 2 N–H and O–H groups in total. The third-order valence-electron chi connectivity index (χ3n) is 3.81. The summed E-state index contributed by atoms with van der Waals surface area (Å²) < 4.78 is 0. The Morgan fingerprint density at radius 3 is 2.45 bits per heavy atom. The second-order valence-corrected chi connectivity index (χ2v) is 5.80. The van der Waals surface area contributed by atoms with Crippen LogP contribution in [0.2, 0.25) is 5.02 Å². The molecule has 1 aliphatic heterocycles. The molecule has 3 rings (SSSR count). The molecule has 4 heteroatoms. The summed E-state index contributed by atoms with van der Waals surface area (Å²) in [5.41, 5.74) is 9.16. The van der Waals surface area contributed by atoms with Crippen molar-refractivity contribution in [2.45, 2.75) is 13.0 Å². The normalized spacial score (nSPS) is 14.5. The van der Waals surface area contributed by atoms with Crippen molar-refractivity contribution in [3.8, 4) is 0 Å². The lowest BCUT2D eigenvalue weighted by Gasteiger charge is -2.21. The van der Waals surface area contributed by atoms with Crippen LogP contribution in [0.3, 0.4) is 0 Å². The number of hydrogen-bond acceptors (Lipinski definition) is 3. The molecule has 1 aliphatic rings. The van der Waals surface area contributed by atoms with Crippen LogP contribution in [-0.4, -0.2) is 17.2 Å². The average Bonchev–Trinajstić information content (AvgIpc) is 2.90. The number of hydrogen-bond donors (Lipinski definition) is 1. The minimum atomic E-state index is -0.00966. The van der Waals surface area contributed by atoms with Gasteiger partial charge in [0, 0.05) is 35.8 Å². The molecule has 0 aromatic heterocycles. The zero-order valence-corrected chi connectivity index (χ0v) is 12.9. The number of carbonyl (C=O) groups excluding carboxylic acids is 1. The lowest BCUT2D eigenvalue weighted by atomic mass is 10.1. The fourth-order valence-electron chi connectivity index (χ4n) is 2.67. The number of halogens is 1. The Morgan fingerprint density at radius 1 is 1.09 bits per heavy atom. The molecule has 0 fully saturated rings. The van der Waals surface area contributed by atoms with Gasteiger partial charge in [-0.1, -0.05) is 54.1 Å². The molecule has 0 amide bonds. The zero-order chi connectivity index (χ0) is 15.5. The molecule has 2 aromatic carbocycles. The monoisotopic (exact) mass is 312 g/mol. The topological polar surface area (TPSA) is 46.3 Å². The number of ketones is 1. The SMILES string of the molecule is NC1=C(C(=O)c2ccccc2)N(Cc2ccc(Cl)cc2)CC1. The van der Waals surface area contributed by atoms with E-state index in [-0.39, 0.29) is 5.78 Å². The summed E-state index contributed by atoms with van der Waals surface area (Å²) >= 11 is 5.91. The smallest absolute Gasteiger partial charge is 0.210 e. The number of carbonyl (C=O) groups is 1. The van der Waals surface area contributed by atoms with Crippen molar-refractivity contribution in [2.24, 2.45) is 5.73 Å². The molecular weight excluding hydrogens is 296 g/mol. The Balaban J connectivity index is 1.83. The highest BCUT2D eigenvalue weighted by Crippen LogP contribution is 2.25. The van der Waals surface area contributed by atoms with Gasteiger partial charge in [0.25, 0.3) is 0 Å². The number of Topliss-reactive ketones (excluding diaryl/α,β-unsaturated/α-hetero) is 1. The Hall–Kier alpha value is -2.26. The maximum absolute atomic E-state index is 12.7. The largest absolute Gasteiger partial charge is 0.400 e. The lowest BCUT2D eigenvalue weighted by molar-refractivity contribution is 0.0994. The van der Waals surface area contributed by atoms with Gasteiger partial charge in [-0.15, -0.1) is 0 Å². The number of nitrogens with zero attached hydrogens (tertiary/aromatic N) is 1. The first-order chi connectivity index (χ1) is 10.6. The van der Waals surface area contributed by atoms with Crippen LogP contribution in [0.4, 0.5) is 0 Å². The number of benzene rings is 2. The second kappa shape index (κ2) is 6.24. The fraction of sp³-hybridized carbons (Fsp3) is 0.167. The summed E-state index contributed by atoms with van der Waals surface area (Å²) in [4.78, 5) is 14.8. The van der Waals surface area contributed by atoms with Gasteiger partial charge in [0.1, 0.15) is 5.70 Å². The molecule has 0 spiro atoms. The molecule has 2 aromatic rings. The van der Waals surface area contributed by atoms with E-state index in [1.54, 1.807) is 0 Å². The van der Waals surface area contributed by atoms with Crippen molar-refractivity contribution in [3.63, 3.8) is 0 Å². The summed E-state index contributed by atoms with van der Waals surface area (Å²) in [6.07, 6.45) is 0.724. The first-order valence-electron chi connectivity index (χ1n) is 7.23. The van der Waals surface area contributed by atoms with Crippen LogP contribution in [0.5, 0.6) is 0 Å². The molecule has 0 saturated heterocycles. The quantitative estimate of drug-likeness (QED) is 0.877.